The lowest BCUT2D eigenvalue weighted by atomic mass is 10.1. The number of Topliss-reactive ketones (excluding diaryl/α,β-unsaturated/α-hetero) is 1. The Kier molecular flexibility index (Phi) is 6.32. The molecule has 0 aliphatic rings. The average molecular weight is 495 g/mol. The Hall–Kier alpha value is -4.54. The smallest absolute Gasteiger partial charge is 0.366 e. The van der Waals surface area contributed by atoms with Crippen molar-refractivity contribution in [3.05, 3.63) is 88.4 Å². The number of amides is 2. The maximum absolute atomic E-state index is 13.8. The molecule has 0 saturated heterocycles. The van der Waals surface area contributed by atoms with E-state index in [1.165, 1.54) is 13.8 Å². The SMILES string of the molecule is CC(=O)c1cccc(Cn2nc(C(F)(F)F)c(NC(=O)c3cc(C(N)=O)c4ccccc4n3)c2C)c1. The molecule has 4 rings (SSSR count). The number of halogens is 3. The third-order valence-electron chi connectivity index (χ3n) is 5.59. The number of anilines is 1. The van der Waals surface area contributed by atoms with Gasteiger partial charge in [0, 0.05) is 10.9 Å². The van der Waals surface area contributed by atoms with Gasteiger partial charge in [0.15, 0.2) is 11.5 Å². The maximum atomic E-state index is 13.8. The predicted octanol–water partition coefficient (Wildman–Crippen LogP) is 4.36. The molecular formula is C25H20F3N5O3. The zero-order valence-electron chi connectivity index (χ0n) is 19.2. The van der Waals surface area contributed by atoms with Gasteiger partial charge in [0.25, 0.3) is 5.91 Å². The molecule has 0 aliphatic heterocycles. The molecule has 3 N–H and O–H groups in total. The number of nitrogens with one attached hydrogen (secondary N) is 1. The molecule has 0 bridgehead atoms. The molecule has 4 aromatic rings. The van der Waals surface area contributed by atoms with Crippen LogP contribution in [0, 0.1) is 6.92 Å². The standard InChI is InChI=1S/C25H20F3N5O3/c1-13-21(31-24(36)20-11-18(23(29)35)17-8-3-4-9-19(17)30-20)22(25(26,27)28)32-33(13)12-15-6-5-7-16(10-15)14(2)34/h3-11H,12H2,1-2H3,(H2,29,35)(H,31,36). The highest BCUT2D eigenvalue weighted by Crippen LogP contribution is 2.36. The molecule has 8 nitrogen and oxygen atoms in total. The summed E-state index contributed by atoms with van der Waals surface area (Å²) in [5.41, 5.74) is 4.64. The fraction of sp³-hybridized carbons (Fsp3) is 0.160. The first kappa shape index (κ1) is 24.6. The van der Waals surface area contributed by atoms with Gasteiger partial charge in [0.1, 0.15) is 5.69 Å². The van der Waals surface area contributed by atoms with Gasteiger partial charge >= 0.3 is 6.18 Å². The molecule has 0 aliphatic carbocycles. The van der Waals surface area contributed by atoms with E-state index in [1.807, 2.05) is 0 Å². The number of nitrogens with two attached hydrogens (primary N) is 1. The number of fused-ring (bicyclic) bond motifs is 1. The minimum atomic E-state index is -4.87. The summed E-state index contributed by atoms with van der Waals surface area (Å²) < 4.78 is 42.6. The van der Waals surface area contributed by atoms with E-state index in [0.29, 0.717) is 16.5 Å². The molecule has 0 saturated carbocycles. The molecule has 184 valence electrons. The summed E-state index contributed by atoms with van der Waals surface area (Å²) >= 11 is 0. The van der Waals surface area contributed by atoms with Gasteiger partial charge in [-0.15, -0.1) is 0 Å². The molecule has 0 fully saturated rings. The molecule has 0 spiro atoms. The molecule has 0 unspecified atom stereocenters. The van der Waals surface area contributed by atoms with Crippen LogP contribution in [0.25, 0.3) is 10.9 Å². The van der Waals surface area contributed by atoms with Gasteiger partial charge < -0.3 is 11.1 Å². The number of hydrogen-bond acceptors (Lipinski definition) is 5. The van der Waals surface area contributed by atoms with Crippen LogP contribution in [-0.4, -0.2) is 32.4 Å². The number of alkyl halides is 3. The monoisotopic (exact) mass is 495 g/mol. The first-order valence-corrected chi connectivity index (χ1v) is 10.7. The number of nitrogens with zero attached hydrogens (tertiary/aromatic N) is 3. The van der Waals surface area contributed by atoms with Crippen molar-refractivity contribution in [1.82, 2.24) is 14.8 Å². The van der Waals surface area contributed by atoms with Gasteiger partial charge in [-0.3, -0.25) is 19.1 Å². The van der Waals surface area contributed by atoms with Crippen LogP contribution in [0.5, 0.6) is 0 Å². The van der Waals surface area contributed by atoms with Crippen LogP contribution in [0.2, 0.25) is 0 Å². The normalized spacial score (nSPS) is 11.5. The number of para-hydroxylation sites is 1. The number of primary amides is 1. The van der Waals surface area contributed by atoms with Gasteiger partial charge in [-0.2, -0.15) is 18.3 Å². The predicted molar refractivity (Wildman–Crippen MR) is 126 cm³/mol. The van der Waals surface area contributed by atoms with Crippen molar-refractivity contribution in [2.45, 2.75) is 26.6 Å². The molecule has 2 aromatic carbocycles. The van der Waals surface area contributed by atoms with Crippen molar-refractivity contribution < 1.29 is 27.6 Å². The second kappa shape index (κ2) is 9.25. The van der Waals surface area contributed by atoms with E-state index in [9.17, 15) is 27.6 Å². The summed E-state index contributed by atoms with van der Waals surface area (Å²) in [6.07, 6.45) is -4.87. The number of ketones is 1. The lowest BCUT2D eigenvalue weighted by molar-refractivity contribution is -0.140. The molecule has 11 heteroatoms. The molecule has 2 aromatic heterocycles. The maximum Gasteiger partial charge on any atom is 0.437 e. The second-order valence-corrected chi connectivity index (χ2v) is 8.11. The Balaban J connectivity index is 1.73. The van der Waals surface area contributed by atoms with E-state index >= 15 is 0 Å². The lowest BCUT2D eigenvalue weighted by Crippen LogP contribution is -2.19. The number of carbonyl (C=O) groups excluding carboxylic acids is 3. The summed E-state index contributed by atoms with van der Waals surface area (Å²) in [7, 11) is 0. The largest absolute Gasteiger partial charge is 0.437 e. The van der Waals surface area contributed by atoms with Crippen molar-refractivity contribution in [1.29, 1.82) is 0 Å². The van der Waals surface area contributed by atoms with E-state index < -0.39 is 29.4 Å². The van der Waals surface area contributed by atoms with Crippen LogP contribution < -0.4 is 11.1 Å². The summed E-state index contributed by atoms with van der Waals surface area (Å²) in [5.74, 6) is -1.96. The van der Waals surface area contributed by atoms with E-state index in [4.69, 9.17) is 5.73 Å². The topological polar surface area (TPSA) is 120 Å². The van der Waals surface area contributed by atoms with E-state index in [-0.39, 0.29) is 34.8 Å². The van der Waals surface area contributed by atoms with Gasteiger partial charge in [0.05, 0.1) is 29.0 Å². The first-order chi connectivity index (χ1) is 17.0. The van der Waals surface area contributed by atoms with Crippen molar-refractivity contribution in [3.63, 3.8) is 0 Å². The highest BCUT2D eigenvalue weighted by molar-refractivity contribution is 6.10. The number of rotatable bonds is 6. The van der Waals surface area contributed by atoms with Crippen LogP contribution in [0.1, 0.15) is 55.1 Å². The van der Waals surface area contributed by atoms with Crippen molar-refractivity contribution in [2.75, 3.05) is 5.32 Å². The quantitative estimate of drug-likeness (QED) is 0.385. The van der Waals surface area contributed by atoms with Gasteiger partial charge in [-0.05, 0) is 37.6 Å². The molecule has 0 radical (unpaired) electrons. The fourth-order valence-electron chi connectivity index (χ4n) is 3.78. The number of carbonyl (C=O) groups is 3. The molecule has 36 heavy (non-hydrogen) atoms. The van der Waals surface area contributed by atoms with Crippen LogP contribution in [0.3, 0.4) is 0 Å². The Bertz CT molecular complexity index is 1530. The number of benzene rings is 2. The van der Waals surface area contributed by atoms with Crippen molar-refractivity contribution in [3.8, 4) is 0 Å². The lowest BCUT2D eigenvalue weighted by Gasteiger charge is -2.11. The van der Waals surface area contributed by atoms with E-state index in [0.717, 1.165) is 10.7 Å². The zero-order chi connectivity index (χ0) is 26.2. The number of aromatic nitrogens is 3. The second-order valence-electron chi connectivity index (χ2n) is 8.11. The van der Waals surface area contributed by atoms with Crippen LogP contribution >= 0.6 is 0 Å². The fourth-order valence-corrected chi connectivity index (χ4v) is 3.78. The molecule has 2 heterocycles. The third-order valence-corrected chi connectivity index (χ3v) is 5.59. The van der Waals surface area contributed by atoms with Crippen molar-refractivity contribution in [2.24, 2.45) is 5.73 Å². The summed E-state index contributed by atoms with van der Waals surface area (Å²) in [4.78, 5) is 40.7. The van der Waals surface area contributed by atoms with Crippen molar-refractivity contribution >= 4 is 34.2 Å². The molecule has 0 atom stereocenters. The average Bonchev–Trinajstić information content (AvgIpc) is 3.13. The Morgan fingerprint density at radius 2 is 1.78 bits per heavy atom. The molecule has 2 amide bonds. The van der Waals surface area contributed by atoms with E-state index in [2.05, 4.69) is 15.4 Å². The minimum absolute atomic E-state index is 0.0135. The Labute approximate surface area is 202 Å². The highest BCUT2D eigenvalue weighted by atomic mass is 19.4. The number of pyridine rings is 1. The van der Waals surface area contributed by atoms with Crippen LogP contribution in [0.15, 0.2) is 54.6 Å². The summed E-state index contributed by atoms with van der Waals surface area (Å²) in [6.45, 7) is 2.71. The van der Waals surface area contributed by atoms with Gasteiger partial charge in [-0.1, -0.05) is 36.4 Å². The van der Waals surface area contributed by atoms with Gasteiger partial charge in [0.2, 0.25) is 5.91 Å². The molecular weight excluding hydrogens is 475 g/mol. The Morgan fingerprint density at radius 1 is 1.06 bits per heavy atom. The van der Waals surface area contributed by atoms with E-state index in [1.54, 1.807) is 48.5 Å². The first-order valence-electron chi connectivity index (χ1n) is 10.7. The van der Waals surface area contributed by atoms with Crippen LogP contribution in [0.4, 0.5) is 18.9 Å². The zero-order valence-corrected chi connectivity index (χ0v) is 19.2. The Morgan fingerprint density at radius 3 is 2.44 bits per heavy atom. The van der Waals surface area contributed by atoms with Gasteiger partial charge in [-0.25, -0.2) is 4.98 Å². The third kappa shape index (κ3) is 4.81. The number of hydrogen-bond donors (Lipinski definition) is 2. The highest BCUT2D eigenvalue weighted by Gasteiger charge is 2.39. The summed E-state index contributed by atoms with van der Waals surface area (Å²) in [6, 6.07) is 14.0. The minimum Gasteiger partial charge on any atom is -0.366 e. The van der Waals surface area contributed by atoms with Crippen LogP contribution in [-0.2, 0) is 12.7 Å². The summed E-state index contributed by atoms with van der Waals surface area (Å²) in [5, 5.41) is 6.36.